The average molecular weight is 269 g/mol. The number of hydrogen-bond acceptors (Lipinski definition) is 2. The van der Waals surface area contributed by atoms with E-state index in [9.17, 15) is 0 Å². The molecule has 0 aliphatic heterocycles. The van der Waals surface area contributed by atoms with Crippen LogP contribution >= 0.6 is 0 Å². The Bertz CT molecular complexity index is 599. The van der Waals surface area contributed by atoms with Crippen LogP contribution in [0.15, 0.2) is 34.7 Å². The Balaban J connectivity index is 2.01. The fraction of sp³-hybridized carbons (Fsp3) is 0.444. The predicted molar refractivity (Wildman–Crippen MR) is 82.1 cm³/mol. The van der Waals surface area contributed by atoms with Gasteiger partial charge in [0.1, 0.15) is 11.5 Å². The summed E-state index contributed by atoms with van der Waals surface area (Å²) in [6, 6.07) is 11.4. The smallest absolute Gasteiger partial charge is 0.105 e. The van der Waals surface area contributed by atoms with Gasteiger partial charge in [-0.05, 0) is 57.4 Å². The summed E-state index contributed by atoms with van der Waals surface area (Å²) in [6.07, 6.45) is 3.73. The van der Waals surface area contributed by atoms with Gasteiger partial charge in [-0.2, -0.15) is 0 Å². The fourth-order valence-electron chi connectivity index (χ4n) is 3.67. The second kappa shape index (κ2) is 5.45. The molecule has 3 rings (SSSR count). The van der Waals surface area contributed by atoms with E-state index in [1.165, 1.54) is 36.0 Å². The van der Waals surface area contributed by atoms with Gasteiger partial charge in [0.15, 0.2) is 0 Å². The first kappa shape index (κ1) is 13.4. The van der Waals surface area contributed by atoms with E-state index in [0.717, 1.165) is 11.5 Å². The molecule has 1 N–H and O–H groups in total. The molecule has 1 aliphatic rings. The van der Waals surface area contributed by atoms with E-state index in [1.807, 2.05) is 6.92 Å². The normalized spacial score (nSPS) is 19.6. The molecule has 0 saturated carbocycles. The quantitative estimate of drug-likeness (QED) is 0.899. The first-order chi connectivity index (χ1) is 9.70. The molecule has 1 heterocycles. The van der Waals surface area contributed by atoms with Gasteiger partial charge in [-0.25, -0.2) is 0 Å². The van der Waals surface area contributed by atoms with Crippen LogP contribution in [0.3, 0.4) is 0 Å². The number of rotatable bonds is 3. The van der Waals surface area contributed by atoms with Gasteiger partial charge in [-0.3, -0.25) is 0 Å². The Morgan fingerprint density at radius 3 is 2.75 bits per heavy atom. The molecule has 1 aromatic heterocycles. The summed E-state index contributed by atoms with van der Waals surface area (Å²) >= 11 is 0. The summed E-state index contributed by atoms with van der Waals surface area (Å²) in [5.74, 6) is 2.59. The molecule has 0 bridgehead atoms. The van der Waals surface area contributed by atoms with Gasteiger partial charge in [0.2, 0.25) is 0 Å². The summed E-state index contributed by atoms with van der Waals surface area (Å²) in [7, 11) is 2.06. The van der Waals surface area contributed by atoms with Gasteiger partial charge >= 0.3 is 0 Å². The largest absolute Gasteiger partial charge is 0.466 e. The molecule has 2 heteroatoms. The van der Waals surface area contributed by atoms with Crippen LogP contribution in [0.4, 0.5) is 0 Å². The average Bonchev–Trinajstić information content (AvgIpc) is 2.79. The molecule has 0 spiro atoms. The highest BCUT2D eigenvalue weighted by Gasteiger charge is 2.29. The molecule has 0 amide bonds. The number of benzene rings is 1. The zero-order valence-corrected chi connectivity index (χ0v) is 12.6. The number of nitrogens with one attached hydrogen (secondary N) is 1. The Hall–Kier alpha value is -1.54. The lowest BCUT2D eigenvalue weighted by atomic mass is 9.77. The number of likely N-dealkylation sites (N-methyl/N-ethyl adjacent to an activating group) is 1. The maximum Gasteiger partial charge on any atom is 0.105 e. The highest BCUT2D eigenvalue weighted by Crippen LogP contribution is 2.41. The van der Waals surface area contributed by atoms with E-state index in [-0.39, 0.29) is 0 Å². The number of aryl methyl sites for hydroxylation is 3. The van der Waals surface area contributed by atoms with E-state index in [1.54, 1.807) is 0 Å². The van der Waals surface area contributed by atoms with Gasteiger partial charge in [-0.15, -0.1) is 0 Å². The van der Waals surface area contributed by atoms with E-state index in [2.05, 4.69) is 49.6 Å². The lowest BCUT2D eigenvalue weighted by Gasteiger charge is -2.32. The van der Waals surface area contributed by atoms with Crippen molar-refractivity contribution in [3.8, 4) is 0 Å². The van der Waals surface area contributed by atoms with Crippen molar-refractivity contribution in [3.63, 3.8) is 0 Å². The number of fused-ring (bicyclic) bond motifs is 1. The topological polar surface area (TPSA) is 25.2 Å². The van der Waals surface area contributed by atoms with E-state index >= 15 is 0 Å². The molecular formula is C18H23NO. The van der Waals surface area contributed by atoms with Crippen LogP contribution in [0, 0.1) is 13.8 Å². The van der Waals surface area contributed by atoms with Crippen molar-refractivity contribution in [1.29, 1.82) is 0 Å². The molecule has 0 radical (unpaired) electrons. The predicted octanol–water partition coefficient (Wildman–Crippen LogP) is 4.28. The molecule has 20 heavy (non-hydrogen) atoms. The molecule has 0 fully saturated rings. The minimum absolute atomic E-state index is 0.342. The van der Waals surface area contributed by atoms with Gasteiger partial charge in [0.25, 0.3) is 0 Å². The standard InChI is InChI=1S/C18H23NO/c1-12-11-17(13(2)20-12)18(19-3)16-10-6-8-14-7-4-5-9-15(14)16/h4-5,7,9,11,16,18-19H,6,8,10H2,1-3H3. The molecule has 2 nitrogen and oxygen atoms in total. The lowest BCUT2D eigenvalue weighted by molar-refractivity contribution is 0.415. The minimum atomic E-state index is 0.342. The van der Waals surface area contributed by atoms with E-state index in [0.29, 0.717) is 12.0 Å². The van der Waals surface area contributed by atoms with Crippen molar-refractivity contribution in [2.75, 3.05) is 7.05 Å². The fourth-order valence-corrected chi connectivity index (χ4v) is 3.67. The third kappa shape index (κ3) is 2.29. The first-order valence-corrected chi connectivity index (χ1v) is 7.52. The van der Waals surface area contributed by atoms with Crippen LogP contribution in [0.1, 0.15) is 53.0 Å². The van der Waals surface area contributed by atoms with Crippen molar-refractivity contribution in [2.45, 2.75) is 45.1 Å². The Kier molecular flexibility index (Phi) is 3.66. The van der Waals surface area contributed by atoms with Gasteiger partial charge in [0, 0.05) is 17.5 Å². The highest BCUT2D eigenvalue weighted by atomic mass is 16.3. The molecule has 2 atom stereocenters. The monoisotopic (exact) mass is 269 g/mol. The molecular weight excluding hydrogens is 246 g/mol. The van der Waals surface area contributed by atoms with Crippen molar-refractivity contribution >= 4 is 0 Å². The van der Waals surface area contributed by atoms with Crippen molar-refractivity contribution in [1.82, 2.24) is 5.32 Å². The zero-order chi connectivity index (χ0) is 14.1. The van der Waals surface area contributed by atoms with Crippen LogP contribution < -0.4 is 5.32 Å². The Labute approximate surface area is 121 Å². The van der Waals surface area contributed by atoms with Crippen molar-refractivity contribution in [2.24, 2.45) is 0 Å². The SMILES string of the molecule is CNC(c1cc(C)oc1C)C1CCCc2ccccc21. The van der Waals surface area contributed by atoms with Crippen LogP contribution in [0.25, 0.3) is 0 Å². The number of furan rings is 1. The minimum Gasteiger partial charge on any atom is -0.466 e. The van der Waals surface area contributed by atoms with Crippen molar-refractivity contribution < 1.29 is 4.42 Å². The summed E-state index contributed by atoms with van der Waals surface area (Å²) in [6.45, 7) is 4.10. The van der Waals surface area contributed by atoms with Gasteiger partial charge < -0.3 is 9.73 Å². The molecule has 1 aliphatic carbocycles. The Morgan fingerprint density at radius 2 is 2.05 bits per heavy atom. The van der Waals surface area contributed by atoms with Crippen LogP contribution in [0.2, 0.25) is 0 Å². The summed E-state index contributed by atoms with van der Waals surface area (Å²) in [5.41, 5.74) is 4.34. The molecule has 2 unspecified atom stereocenters. The van der Waals surface area contributed by atoms with Crippen molar-refractivity contribution in [3.05, 3.63) is 58.5 Å². The van der Waals surface area contributed by atoms with Gasteiger partial charge in [-0.1, -0.05) is 24.3 Å². The van der Waals surface area contributed by atoms with Crippen LogP contribution in [0.5, 0.6) is 0 Å². The maximum atomic E-state index is 5.74. The summed E-state index contributed by atoms with van der Waals surface area (Å²) in [5, 5.41) is 3.52. The van der Waals surface area contributed by atoms with E-state index in [4.69, 9.17) is 4.42 Å². The molecule has 1 aromatic carbocycles. The third-order valence-corrected chi connectivity index (χ3v) is 4.54. The lowest BCUT2D eigenvalue weighted by Crippen LogP contribution is -2.26. The zero-order valence-electron chi connectivity index (χ0n) is 12.6. The van der Waals surface area contributed by atoms with E-state index < -0.39 is 0 Å². The summed E-state index contributed by atoms with van der Waals surface area (Å²) in [4.78, 5) is 0. The molecule has 0 saturated heterocycles. The Morgan fingerprint density at radius 1 is 1.25 bits per heavy atom. The summed E-state index contributed by atoms with van der Waals surface area (Å²) < 4.78 is 5.74. The third-order valence-electron chi connectivity index (χ3n) is 4.54. The number of hydrogen-bond donors (Lipinski definition) is 1. The van der Waals surface area contributed by atoms with Gasteiger partial charge in [0.05, 0.1) is 0 Å². The van der Waals surface area contributed by atoms with Crippen LogP contribution in [-0.2, 0) is 6.42 Å². The first-order valence-electron chi connectivity index (χ1n) is 7.52. The molecule has 2 aromatic rings. The van der Waals surface area contributed by atoms with Crippen LogP contribution in [-0.4, -0.2) is 7.05 Å². The maximum absolute atomic E-state index is 5.74. The molecule has 106 valence electrons. The second-order valence-corrected chi connectivity index (χ2v) is 5.83. The second-order valence-electron chi connectivity index (χ2n) is 5.83. The highest BCUT2D eigenvalue weighted by molar-refractivity contribution is 5.37.